The van der Waals surface area contributed by atoms with E-state index in [-0.39, 0.29) is 10.9 Å². The number of hydrogen-bond donors (Lipinski definition) is 2. The zero-order chi connectivity index (χ0) is 10.2. The van der Waals surface area contributed by atoms with Crippen molar-refractivity contribution in [2.75, 3.05) is 0 Å². The molecule has 70 valence electrons. The Kier molecular flexibility index (Phi) is 2.53. The number of thiocarbonyl (C=S) groups is 1. The first-order valence-corrected chi connectivity index (χ1v) is 4.62. The minimum absolute atomic E-state index is 0.0880. The summed E-state index contributed by atoms with van der Waals surface area (Å²) in [6.45, 7) is 1.62. The van der Waals surface area contributed by atoms with Crippen molar-refractivity contribution in [1.82, 2.24) is 5.32 Å². The van der Waals surface area contributed by atoms with Gasteiger partial charge in [-0.2, -0.15) is 0 Å². The van der Waals surface area contributed by atoms with Crippen LogP contribution in [0.15, 0.2) is 11.6 Å². The Bertz CT molecular complexity index is 339. The molecule has 1 unspecified atom stereocenters. The number of primary amides is 1. The van der Waals surface area contributed by atoms with Gasteiger partial charge in [-0.3, -0.25) is 9.59 Å². The third kappa shape index (κ3) is 1.51. The monoisotopic (exact) mass is 262 g/mol. The van der Waals surface area contributed by atoms with Gasteiger partial charge in [-0.05, 0) is 12.5 Å². The van der Waals surface area contributed by atoms with Crippen molar-refractivity contribution in [3.63, 3.8) is 0 Å². The maximum absolute atomic E-state index is 11.1. The molecule has 0 aliphatic carbocycles. The third-order valence-electron chi connectivity index (χ3n) is 1.78. The van der Waals surface area contributed by atoms with Gasteiger partial charge in [0.05, 0.1) is 0 Å². The smallest absolute Gasteiger partial charge is 0.248 e. The summed E-state index contributed by atoms with van der Waals surface area (Å²) < 4.78 is -1.21. The molecule has 0 bridgehead atoms. The molecule has 0 saturated heterocycles. The molecular weight excluding hydrogens is 256 g/mol. The van der Waals surface area contributed by atoms with Gasteiger partial charge in [-0.1, -0.05) is 28.1 Å². The van der Waals surface area contributed by atoms with Crippen LogP contribution in [-0.4, -0.2) is 21.1 Å². The highest BCUT2D eigenvalue weighted by Gasteiger charge is 2.43. The number of amides is 2. The Labute approximate surface area is 88.7 Å². The van der Waals surface area contributed by atoms with E-state index in [9.17, 15) is 9.59 Å². The van der Waals surface area contributed by atoms with Crippen molar-refractivity contribution in [3.05, 3.63) is 11.6 Å². The molecule has 1 rings (SSSR count). The van der Waals surface area contributed by atoms with Gasteiger partial charge < -0.3 is 11.1 Å². The molecule has 6 heteroatoms. The van der Waals surface area contributed by atoms with Crippen molar-refractivity contribution in [2.45, 2.75) is 11.2 Å². The van der Waals surface area contributed by atoms with Crippen LogP contribution in [-0.2, 0) is 9.59 Å². The average molecular weight is 263 g/mol. The van der Waals surface area contributed by atoms with Gasteiger partial charge in [-0.25, -0.2) is 0 Å². The van der Waals surface area contributed by atoms with Crippen LogP contribution in [0.4, 0.5) is 0 Å². The van der Waals surface area contributed by atoms with Crippen molar-refractivity contribution in [2.24, 2.45) is 5.73 Å². The summed E-state index contributed by atoms with van der Waals surface area (Å²) in [7, 11) is 0. The largest absolute Gasteiger partial charge is 0.368 e. The second kappa shape index (κ2) is 3.19. The highest BCUT2D eigenvalue weighted by Crippen LogP contribution is 2.30. The Morgan fingerprint density at radius 3 is 2.69 bits per heavy atom. The first kappa shape index (κ1) is 10.3. The topological polar surface area (TPSA) is 72.2 Å². The van der Waals surface area contributed by atoms with Gasteiger partial charge in [-0.15, -0.1) is 0 Å². The predicted octanol–water partition coefficient (Wildman–Crippen LogP) is 0.00890. The van der Waals surface area contributed by atoms with Gasteiger partial charge in [0.15, 0.2) is 4.32 Å². The average Bonchev–Trinajstić information content (AvgIpc) is 1.99. The fourth-order valence-corrected chi connectivity index (χ4v) is 1.59. The molecule has 1 heterocycles. The lowest BCUT2D eigenvalue weighted by atomic mass is 9.96. The maximum Gasteiger partial charge on any atom is 0.248 e. The number of nitrogens with one attached hydrogen (secondary N) is 1. The van der Waals surface area contributed by atoms with Gasteiger partial charge in [0.25, 0.3) is 0 Å². The standard InChI is InChI=1S/C7H7BrN2O2S/c1-3-2-4(11)10-6(13)7(3,8)5(9)12/h2H,1H3,(H2,9,12)(H,10,11,13). The van der Waals surface area contributed by atoms with Crippen molar-refractivity contribution in [1.29, 1.82) is 0 Å². The molecule has 1 atom stereocenters. The highest BCUT2D eigenvalue weighted by molar-refractivity contribution is 9.10. The summed E-state index contributed by atoms with van der Waals surface area (Å²) in [5.74, 6) is -0.968. The van der Waals surface area contributed by atoms with Crippen LogP contribution in [0.1, 0.15) is 6.92 Å². The number of halogens is 1. The van der Waals surface area contributed by atoms with E-state index in [1.54, 1.807) is 6.92 Å². The molecule has 1 aliphatic heterocycles. The molecule has 0 aromatic heterocycles. The predicted molar refractivity (Wildman–Crippen MR) is 55.4 cm³/mol. The van der Waals surface area contributed by atoms with E-state index in [0.29, 0.717) is 5.57 Å². The Morgan fingerprint density at radius 1 is 1.77 bits per heavy atom. The first-order chi connectivity index (χ1) is 5.89. The fourth-order valence-electron chi connectivity index (χ4n) is 1.02. The van der Waals surface area contributed by atoms with Crippen LogP contribution in [0, 0.1) is 0 Å². The molecule has 0 aromatic rings. The molecule has 0 aromatic carbocycles. The van der Waals surface area contributed by atoms with Crippen molar-refractivity contribution in [3.8, 4) is 0 Å². The summed E-state index contributed by atoms with van der Waals surface area (Å²) in [4.78, 5) is 22.1. The van der Waals surface area contributed by atoms with Crippen molar-refractivity contribution >= 4 is 45.0 Å². The van der Waals surface area contributed by atoms with Crippen LogP contribution < -0.4 is 11.1 Å². The van der Waals surface area contributed by atoms with E-state index in [4.69, 9.17) is 18.0 Å². The molecule has 0 fully saturated rings. The highest BCUT2D eigenvalue weighted by atomic mass is 79.9. The van der Waals surface area contributed by atoms with E-state index in [1.165, 1.54) is 6.08 Å². The number of carbonyl (C=O) groups is 2. The fraction of sp³-hybridized carbons (Fsp3) is 0.286. The molecule has 4 nitrogen and oxygen atoms in total. The molecule has 3 N–H and O–H groups in total. The molecule has 2 amide bonds. The third-order valence-corrected chi connectivity index (χ3v) is 3.86. The Balaban J connectivity index is 3.24. The lowest BCUT2D eigenvalue weighted by molar-refractivity contribution is -0.118. The quantitative estimate of drug-likeness (QED) is 0.517. The first-order valence-electron chi connectivity index (χ1n) is 3.42. The normalized spacial score (nSPS) is 28.0. The van der Waals surface area contributed by atoms with E-state index in [2.05, 4.69) is 21.2 Å². The summed E-state index contributed by atoms with van der Waals surface area (Å²) >= 11 is 7.97. The van der Waals surface area contributed by atoms with Crippen molar-refractivity contribution < 1.29 is 9.59 Å². The van der Waals surface area contributed by atoms with Crippen LogP contribution in [0.2, 0.25) is 0 Å². The minimum Gasteiger partial charge on any atom is -0.368 e. The molecule has 0 saturated carbocycles. The van der Waals surface area contributed by atoms with Gasteiger partial charge in [0.1, 0.15) is 4.99 Å². The minimum atomic E-state index is -1.21. The number of rotatable bonds is 1. The van der Waals surface area contributed by atoms with Gasteiger partial charge in [0, 0.05) is 6.08 Å². The van der Waals surface area contributed by atoms with Crippen LogP contribution in [0.3, 0.4) is 0 Å². The van der Waals surface area contributed by atoms with Crippen LogP contribution in [0.25, 0.3) is 0 Å². The Hall–Kier alpha value is -0.750. The molecule has 0 radical (unpaired) electrons. The molecule has 1 aliphatic rings. The van der Waals surface area contributed by atoms with Crippen LogP contribution in [0.5, 0.6) is 0 Å². The lowest BCUT2D eigenvalue weighted by Crippen LogP contribution is -2.55. The van der Waals surface area contributed by atoms with E-state index in [1.807, 2.05) is 0 Å². The van der Waals surface area contributed by atoms with E-state index in [0.717, 1.165) is 0 Å². The summed E-state index contributed by atoms with van der Waals surface area (Å²) in [6.07, 6.45) is 1.29. The zero-order valence-electron chi connectivity index (χ0n) is 6.76. The van der Waals surface area contributed by atoms with Gasteiger partial charge in [0.2, 0.25) is 11.8 Å². The number of alkyl halides is 1. The summed E-state index contributed by atoms with van der Waals surface area (Å²) in [6, 6.07) is 0. The summed E-state index contributed by atoms with van der Waals surface area (Å²) in [5.41, 5.74) is 5.66. The molecule has 0 spiro atoms. The lowest BCUT2D eigenvalue weighted by Gasteiger charge is -2.29. The number of nitrogens with two attached hydrogens (primary N) is 1. The molecular formula is C7H7BrN2O2S. The summed E-state index contributed by atoms with van der Waals surface area (Å²) in [5, 5.41) is 2.35. The van der Waals surface area contributed by atoms with E-state index >= 15 is 0 Å². The van der Waals surface area contributed by atoms with Gasteiger partial charge >= 0.3 is 0 Å². The second-order valence-corrected chi connectivity index (χ2v) is 4.27. The SMILES string of the molecule is CC1=CC(=O)NC(=S)C1(Br)C(N)=O. The second-order valence-electron chi connectivity index (χ2n) is 2.67. The van der Waals surface area contributed by atoms with E-state index < -0.39 is 10.2 Å². The molecule has 13 heavy (non-hydrogen) atoms. The zero-order valence-corrected chi connectivity index (χ0v) is 9.16. The van der Waals surface area contributed by atoms with Crippen LogP contribution >= 0.6 is 28.1 Å². The maximum atomic E-state index is 11.1. The Morgan fingerprint density at radius 2 is 2.31 bits per heavy atom. The number of hydrogen-bond acceptors (Lipinski definition) is 3. The number of carbonyl (C=O) groups excluding carboxylic acids is 2.